The molecule has 92 valence electrons. The molecule has 1 N–H and O–H groups in total. The van der Waals surface area contributed by atoms with Crippen molar-refractivity contribution in [2.45, 2.75) is 26.7 Å². The van der Waals surface area contributed by atoms with Gasteiger partial charge >= 0.3 is 0 Å². The predicted octanol–water partition coefficient (Wildman–Crippen LogP) is 0.0784. The molecule has 0 heterocycles. The highest BCUT2D eigenvalue weighted by Crippen LogP contribution is 2.46. The quantitative estimate of drug-likeness (QED) is 0.427. The van der Waals surface area contributed by atoms with E-state index in [1.807, 2.05) is 13.8 Å². The van der Waals surface area contributed by atoms with Gasteiger partial charge in [-0.1, -0.05) is 19.1 Å². The summed E-state index contributed by atoms with van der Waals surface area (Å²) in [6.45, 7) is 4.43. The Hall–Kier alpha value is -0.690. The SMILES string of the molecule is CCN(NC(=O)C[SH](=O)=O)C(=S)C1(C)CC1. The van der Waals surface area contributed by atoms with Gasteiger partial charge in [0.1, 0.15) is 21.4 Å². The van der Waals surface area contributed by atoms with Crippen LogP contribution in [0.15, 0.2) is 0 Å². The van der Waals surface area contributed by atoms with Crippen molar-refractivity contribution in [1.29, 1.82) is 0 Å². The number of hydrogen-bond donors (Lipinski definition) is 2. The highest BCUT2D eigenvalue weighted by atomic mass is 32.2. The summed E-state index contributed by atoms with van der Waals surface area (Å²) in [5, 5.41) is 1.56. The van der Waals surface area contributed by atoms with Crippen molar-refractivity contribution >= 4 is 33.8 Å². The van der Waals surface area contributed by atoms with Crippen LogP contribution in [-0.2, 0) is 15.5 Å². The number of carbonyl (C=O) groups is 1. The summed E-state index contributed by atoms with van der Waals surface area (Å²) >= 11 is 5.27. The molecule has 1 rings (SSSR count). The van der Waals surface area contributed by atoms with Gasteiger partial charge in [-0.25, -0.2) is 8.42 Å². The number of hydrogen-bond acceptors (Lipinski definition) is 4. The second-order valence-corrected chi connectivity index (χ2v) is 5.50. The molecule has 0 aromatic heterocycles. The standard InChI is InChI=1S/C9H16N2O3S2/c1-3-11(8(15)9(2)4-5-9)10-7(12)6-16(13)14/h16H,3-6H2,1-2H3,(H,10,12). The fourth-order valence-electron chi connectivity index (χ4n) is 1.30. The van der Waals surface area contributed by atoms with E-state index < -0.39 is 22.4 Å². The largest absolute Gasteiger partial charge is 0.279 e. The van der Waals surface area contributed by atoms with Crippen LogP contribution in [0.4, 0.5) is 0 Å². The minimum Gasteiger partial charge on any atom is -0.279 e. The average Bonchev–Trinajstić information content (AvgIpc) is 2.92. The zero-order valence-electron chi connectivity index (χ0n) is 9.36. The number of thiol groups is 1. The Balaban J connectivity index is 2.55. The average molecular weight is 264 g/mol. The fraction of sp³-hybridized carbons (Fsp3) is 0.778. The Kier molecular flexibility index (Phi) is 4.26. The zero-order valence-corrected chi connectivity index (χ0v) is 11.1. The molecular weight excluding hydrogens is 248 g/mol. The summed E-state index contributed by atoms with van der Waals surface area (Å²) in [7, 11) is -2.69. The second-order valence-electron chi connectivity index (χ2n) is 4.14. The molecule has 1 fully saturated rings. The Morgan fingerprint density at radius 3 is 2.44 bits per heavy atom. The molecule has 0 aromatic rings. The van der Waals surface area contributed by atoms with Gasteiger partial charge in [-0.3, -0.25) is 15.2 Å². The van der Waals surface area contributed by atoms with Gasteiger partial charge in [-0.05, 0) is 19.8 Å². The normalized spacial score (nSPS) is 16.9. The third-order valence-electron chi connectivity index (χ3n) is 2.61. The van der Waals surface area contributed by atoms with Crippen molar-refractivity contribution in [1.82, 2.24) is 10.4 Å². The van der Waals surface area contributed by atoms with Crippen LogP contribution in [0, 0.1) is 5.41 Å². The van der Waals surface area contributed by atoms with Crippen LogP contribution in [0.3, 0.4) is 0 Å². The van der Waals surface area contributed by atoms with Gasteiger partial charge in [-0.15, -0.1) is 0 Å². The molecule has 5 nitrogen and oxygen atoms in total. The molecule has 1 amide bonds. The molecule has 0 atom stereocenters. The van der Waals surface area contributed by atoms with Crippen molar-refractivity contribution in [3.8, 4) is 0 Å². The predicted molar refractivity (Wildman–Crippen MR) is 65.6 cm³/mol. The summed E-state index contributed by atoms with van der Waals surface area (Å²) in [4.78, 5) is 12.0. The number of carbonyl (C=O) groups excluding carboxylic acids is 1. The first-order valence-corrected chi connectivity index (χ1v) is 6.89. The topological polar surface area (TPSA) is 66.5 Å². The van der Waals surface area contributed by atoms with Crippen molar-refractivity contribution in [3.63, 3.8) is 0 Å². The Labute approximate surface area is 102 Å². The van der Waals surface area contributed by atoms with E-state index in [0.29, 0.717) is 11.5 Å². The van der Waals surface area contributed by atoms with Gasteiger partial charge in [0, 0.05) is 12.0 Å². The van der Waals surface area contributed by atoms with Crippen LogP contribution < -0.4 is 5.43 Å². The van der Waals surface area contributed by atoms with E-state index in [9.17, 15) is 13.2 Å². The Bertz CT molecular complexity index is 367. The molecule has 1 aliphatic carbocycles. The fourth-order valence-corrected chi connectivity index (χ4v) is 1.99. The van der Waals surface area contributed by atoms with Gasteiger partial charge in [0.05, 0.1) is 0 Å². The van der Waals surface area contributed by atoms with Gasteiger partial charge in [0.15, 0.2) is 0 Å². The monoisotopic (exact) mass is 264 g/mol. The highest BCUT2D eigenvalue weighted by Gasteiger charge is 2.44. The molecule has 0 radical (unpaired) electrons. The highest BCUT2D eigenvalue weighted by molar-refractivity contribution is 7.80. The summed E-state index contributed by atoms with van der Waals surface area (Å²) in [6.07, 6.45) is 2.04. The molecule has 0 saturated heterocycles. The maximum Gasteiger partial charge on any atom is 0.253 e. The third kappa shape index (κ3) is 3.41. The maximum atomic E-state index is 11.3. The number of hydrazine groups is 1. The molecule has 0 bridgehead atoms. The lowest BCUT2D eigenvalue weighted by Gasteiger charge is -2.27. The van der Waals surface area contributed by atoms with Gasteiger partial charge in [0.25, 0.3) is 5.91 Å². The van der Waals surface area contributed by atoms with Crippen molar-refractivity contribution in [2.24, 2.45) is 5.41 Å². The van der Waals surface area contributed by atoms with Crippen LogP contribution >= 0.6 is 12.2 Å². The first kappa shape index (κ1) is 13.4. The maximum absolute atomic E-state index is 11.3. The summed E-state index contributed by atoms with van der Waals surface area (Å²) in [5.74, 6) is -1.03. The van der Waals surface area contributed by atoms with Crippen LogP contribution in [-0.4, -0.2) is 36.6 Å². The van der Waals surface area contributed by atoms with Crippen LogP contribution in [0.1, 0.15) is 26.7 Å². The van der Waals surface area contributed by atoms with Crippen LogP contribution in [0.25, 0.3) is 0 Å². The molecule has 7 heteroatoms. The van der Waals surface area contributed by atoms with Gasteiger partial charge in [0.2, 0.25) is 0 Å². The first-order chi connectivity index (χ1) is 7.39. The van der Waals surface area contributed by atoms with E-state index in [1.54, 1.807) is 5.01 Å². The Morgan fingerprint density at radius 2 is 2.06 bits per heavy atom. The lowest BCUT2D eigenvalue weighted by atomic mass is 10.1. The number of nitrogens with zero attached hydrogens (tertiary/aromatic N) is 1. The summed E-state index contributed by atoms with van der Waals surface area (Å²) in [5.41, 5.74) is 2.51. The summed E-state index contributed by atoms with van der Waals surface area (Å²) < 4.78 is 20.8. The zero-order chi connectivity index (χ0) is 12.3. The van der Waals surface area contributed by atoms with Crippen LogP contribution in [0.5, 0.6) is 0 Å². The first-order valence-electron chi connectivity index (χ1n) is 5.12. The minimum atomic E-state index is -2.69. The second kappa shape index (κ2) is 5.09. The number of rotatable bonds is 4. The summed E-state index contributed by atoms with van der Waals surface area (Å²) in [6, 6.07) is 0. The molecule has 0 aromatic carbocycles. The lowest BCUT2D eigenvalue weighted by Crippen LogP contribution is -2.48. The molecular formula is C9H16N2O3S2. The van der Waals surface area contributed by atoms with Crippen molar-refractivity contribution in [3.05, 3.63) is 0 Å². The third-order valence-corrected chi connectivity index (χ3v) is 3.87. The van der Waals surface area contributed by atoms with Crippen LogP contribution in [0.2, 0.25) is 0 Å². The van der Waals surface area contributed by atoms with Gasteiger partial charge in [-0.2, -0.15) is 0 Å². The minimum absolute atomic E-state index is 0.00170. The van der Waals surface area contributed by atoms with Gasteiger partial charge < -0.3 is 0 Å². The van der Waals surface area contributed by atoms with Crippen molar-refractivity contribution < 1.29 is 13.2 Å². The van der Waals surface area contributed by atoms with E-state index in [2.05, 4.69) is 5.43 Å². The molecule has 1 aliphatic rings. The molecule has 0 spiro atoms. The number of thiocarbonyl (C=S) groups is 1. The Morgan fingerprint density at radius 1 is 1.50 bits per heavy atom. The van der Waals surface area contributed by atoms with E-state index in [4.69, 9.17) is 12.2 Å². The molecule has 0 aliphatic heterocycles. The van der Waals surface area contributed by atoms with Crippen molar-refractivity contribution in [2.75, 3.05) is 12.3 Å². The molecule has 1 saturated carbocycles. The number of nitrogens with one attached hydrogen (secondary N) is 1. The molecule has 0 unspecified atom stereocenters. The van der Waals surface area contributed by atoms with E-state index in [-0.39, 0.29) is 5.41 Å². The molecule has 16 heavy (non-hydrogen) atoms. The van der Waals surface area contributed by atoms with E-state index in [1.165, 1.54) is 0 Å². The van der Waals surface area contributed by atoms with E-state index >= 15 is 0 Å². The smallest absolute Gasteiger partial charge is 0.253 e. The van der Waals surface area contributed by atoms with E-state index in [0.717, 1.165) is 12.8 Å². The lowest BCUT2D eigenvalue weighted by molar-refractivity contribution is -0.121. The number of amides is 1.